The van der Waals surface area contributed by atoms with Crippen LogP contribution in [0, 0.1) is 0 Å². The summed E-state index contributed by atoms with van der Waals surface area (Å²) in [6.45, 7) is 2.17. The van der Waals surface area contributed by atoms with Crippen LogP contribution in [0.4, 0.5) is 18.9 Å². The van der Waals surface area contributed by atoms with Crippen molar-refractivity contribution in [3.05, 3.63) is 47.3 Å². The summed E-state index contributed by atoms with van der Waals surface area (Å²) in [6, 6.07) is 8.77. The molecule has 0 aliphatic carbocycles. The van der Waals surface area contributed by atoms with Gasteiger partial charge in [-0.25, -0.2) is 8.42 Å². The van der Waals surface area contributed by atoms with Gasteiger partial charge in [-0.15, -0.1) is 11.3 Å². The van der Waals surface area contributed by atoms with Gasteiger partial charge < -0.3 is 10.0 Å². The molecule has 5 nitrogen and oxygen atoms in total. The molecule has 1 aliphatic rings. The summed E-state index contributed by atoms with van der Waals surface area (Å²) >= 11 is 1.17. The summed E-state index contributed by atoms with van der Waals surface area (Å²) in [7, 11) is -3.50. The molecular weight excluding hydrogens is 401 g/mol. The average Bonchev–Trinajstić information content (AvgIpc) is 3.16. The van der Waals surface area contributed by atoms with Crippen molar-refractivity contribution in [2.24, 2.45) is 0 Å². The molecule has 3 rings (SSSR count). The van der Waals surface area contributed by atoms with Gasteiger partial charge in [0.2, 0.25) is 0 Å². The summed E-state index contributed by atoms with van der Waals surface area (Å²) in [5.41, 5.74) is -2.47. The number of rotatable bonds is 4. The zero-order chi connectivity index (χ0) is 19.9. The van der Waals surface area contributed by atoms with Crippen LogP contribution in [0.15, 0.2) is 46.0 Å². The minimum Gasteiger partial charge on any atom is -0.376 e. The molecule has 1 aliphatic heterocycles. The van der Waals surface area contributed by atoms with Crippen molar-refractivity contribution >= 4 is 27.0 Å². The second-order valence-electron chi connectivity index (χ2n) is 6.44. The van der Waals surface area contributed by atoms with E-state index in [4.69, 9.17) is 0 Å². The quantitative estimate of drug-likeness (QED) is 0.826. The molecule has 1 aromatic heterocycles. The predicted molar refractivity (Wildman–Crippen MR) is 97.4 cm³/mol. The Kier molecular flexibility index (Phi) is 5.28. The van der Waals surface area contributed by atoms with Crippen LogP contribution < -0.4 is 4.90 Å². The zero-order valence-corrected chi connectivity index (χ0v) is 16.1. The van der Waals surface area contributed by atoms with Gasteiger partial charge in [-0.3, -0.25) is 0 Å². The Morgan fingerprint density at radius 2 is 1.63 bits per heavy atom. The van der Waals surface area contributed by atoms with Gasteiger partial charge in [0.05, 0.1) is 0 Å². The van der Waals surface area contributed by atoms with Gasteiger partial charge in [0, 0.05) is 31.9 Å². The molecule has 1 N–H and O–H groups in total. The Bertz CT molecular complexity index is 871. The first-order valence-electron chi connectivity index (χ1n) is 8.22. The highest BCUT2D eigenvalue weighted by Gasteiger charge is 2.51. The summed E-state index contributed by atoms with van der Waals surface area (Å²) in [5, 5.41) is 11.4. The second kappa shape index (κ2) is 7.08. The lowest BCUT2D eigenvalue weighted by atomic mass is 9.95. The van der Waals surface area contributed by atoms with E-state index in [1.54, 1.807) is 17.5 Å². The fourth-order valence-electron chi connectivity index (χ4n) is 2.88. The molecule has 2 aromatic rings. The number of hydrogen-bond acceptors (Lipinski definition) is 5. The molecule has 10 heteroatoms. The maximum Gasteiger partial charge on any atom is 0.421 e. The number of sulfonamides is 1. The molecule has 0 saturated carbocycles. The van der Waals surface area contributed by atoms with Gasteiger partial charge in [-0.2, -0.15) is 17.5 Å². The molecule has 1 aromatic carbocycles. The Morgan fingerprint density at radius 1 is 1.04 bits per heavy atom. The number of benzene rings is 1. The molecule has 148 valence electrons. The standard InChI is InChI=1S/C17H19F3N2O3S2/c1-16(23,17(18,19)20)13-4-6-14(7-5-13)21-8-10-22(11-9-21)27(24,25)15-3-2-12-26-15/h2-7,12,23H,8-11H2,1H3/t16-/m1/s1. The van der Waals surface area contributed by atoms with E-state index < -0.39 is 21.8 Å². The van der Waals surface area contributed by atoms with Crippen molar-refractivity contribution in [1.82, 2.24) is 4.31 Å². The van der Waals surface area contributed by atoms with Crippen molar-refractivity contribution in [2.45, 2.75) is 22.9 Å². The molecule has 1 fully saturated rings. The highest BCUT2D eigenvalue weighted by atomic mass is 32.2. The van der Waals surface area contributed by atoms with E-state index in [0.717, 1.165) is 6.92 Å². The third-order valence-electron chi connectivity index (χ3n) is 4.67. The van der Waals surface area contributed by atoms with Gasteiger partial charge in [0.25, 0.3) is 10.0 Å². The maximum absolute atomic E-state index is 12.9. The molecule has 0 amide bonds. The van der Waals surface area contributed by atoms with Crippen LogP contribution in [0.25, 0.3) is 0 Å². The number of aliphatic hydroxyl groups is 1. The highest BCUT2D eigenvalue weighted by Crippen LogP contribution is 2.39. The third-order valence-corrected chi connectivity index (χ3v) is 7.95. The minimum absolute atomic E-state index is 0.238. The smallest absolute Gasteiger partial charge is 0.376 e. The Hall–Kier alpha value is -1.62. The van der Waals surface area contributed by atoms with Crippen LogP contribution in [0.2, 0.25) is 0 Å². The van der Waals surface area contributed by atoms with Crippen molar-refractivity contribution in [2.75, 3.05) is 31.1 Å². The summed E-state index contributed by atoms with van der Waals surface area (Å²) in [5.74, 6) is 0. The molecule has 0 radical (unpaired) electrons. The fraction of sp³-hybridized carbons (Fsp3) is 0.412. The highest BCUT2D eigenvalue weighted by molar-refractivity contribution is 7.91. The summed E-state index contributed by atoms with van der Waals surface area (Å²) in [4.78, 5) is 1.91. The van der Waals surface area contributed by atoms with E-state index in [-0.39, 0.29) is 5.56 Å². The van der Waals surface area contributed by atoms with E-state index >= 15 is 0 Å². The van der Waals surface area contributed by atoms with Gasteiger partial charge in [-0.1, -0.05) is 18.2 Å². The number of halogens is 3. The fourth-order valence-corrected chi connectivity index (χ4v) is 5.45. The van der Waals surface area contributed by atoms with Crippen molar-refractivity contribution < 1.29 is 26.7 Å². The van der Waals surface area contributed by atoms with Gasteiger partial charge >= 0.3 is 6.18 Å². The first-order valence-corrected chi connectivity index (χ1v) is 10.5. The molecule has 1 saturated heterocycles. The first kappa shape index (κ1) is 20.1. The molecule has 1 atom stereocenters. The van der Waals surface area contributed by atoms with E-state index in [9.17, 15) is 26.7 Å². The topological polar surface area (TPSA) is 60.9 Å². The van der Waals surface area contributed by atoms with Crippen LogP contribution in [-0.2, 0) is 15.6 Å². The van der Waals surface area contributed by atoms with E-state index in [1.165, 1.54) is 39.9 Å². The lowest BCUT2D eigenvalue weighted by Crippen LogP contribution is -2.48. The molecule has 27 heavy (non-hydrogen) atoms. The number of piperazine rings is 1. The molecular formula is C17H19F3N2O3S2. The summed E-state index contributed by atoms with van der Waals surface area (Å²) < 4.78 is 65.5. The second-order valence-corrected chi connectivity index (χ2v) is 9.55. The number of alkyl halides is 3. The first-order chi connectivity index (χ1) is 12.5. The third kappa shape index (κ3) is 3.84. The Morgan fingerprint density at radius 3 is 2.11 bits per heavy atom. The van der Waals surface area contributed by atoms with Crippen LogP contribution in [0.1, 0.15) is 12.5 Å². The number of nitrogens with zero attached hydrogens (tertiary/aromatic N) is 2. The van der Waals surface area contributed by atoms with Gasteiger partial charge in [0.1, 0.15) is 4.21 Å². The zero-order valence-electron chi connectivity index (χ0n) is 14.5. The normalized spacial score (nSPS) is 19.1. The Balaban J connectivity index is 1.68. The molecule has 0 unspecified atom stereocenters. The van der Waals surface area contributed by atoms with Crippen LogP contribution in [-0.4, -0.2) is 50.2 Å². The lowest BCUT2D eigenvalue weighted by molar-refractivity contribution is -0.258. The van der Waals surface area contributed by atoms with Crippen LogP contribution >= 0.6 is 11.3 Å². The van der Waals surface area contributed by atoms with Gasteiger partial charge in [0.15, 0.2) is 5.60 Å². The molecule has 2 heterocycles. The predicted octanol–water partition coefficient (Wildman–Crippen LogP) is 3.03. The summed E-state index contributed by atoms with van der Waals surface area (Å²) in [6.07, 6.45) is -4.77. The SMILES string of the molecule is C[C@@](O)(c1ccc(N2CCN(S(=O)(=O)c3cccs3)CC2)cc1)C(F)(F)F. The van der Waals surface area contributed by atoms with Gasteiger partial charge in [-0.05, 0) is 36.1 Å². The maximum atomic E-state index is 12.9. The number of hydrogen-bond donors (Lipinski definition) is 1. The van der Waals surface area contributed by atoms with E-state index in [2.05, 4.69) is 0 Å². The number of thiophene rings is 1. The van der Waals surface area contributed by atoms with Crippen molar-refractivity contribution in [1.29, 1.82) is 0 Å². The lowest BCUT2D eigenvalue weighted by Gasteiger charge is -2.35. The molecule has 0 spiro atoms. The average molecular weight is 420 g/mol. The minimum atomic E-state index is -4.77. The van der Waals surface area contributed by atoms with E-state index in [0.29, 0.717) is 36.1 Å². The van der Waals surface area contributed by atoms with Crippen LogP contribution in [0.3, 0.4) is 0 Å². The monoisotopic (exact) mass is 420 g/mol. The largest absolute Gasteiger partial charge is 0.421 e. The van der Waals surface area contributed by atoms with Crippen molar-refractivity contribution in [3.8, 4) is 0 Å². The van der Waals surface area contributed by atoms with E-state index in [1.807, 2.05) is 4.90 Å². The Labute approximate surface area is 159 Å². The number of anilines is 1. The molecule has 0 bridgehead atoms. The van der Waals surface area contributed by atoms with Crippen LogP contribution in [0.5, 0.6) is 0 Å². The van der Waals surface area contributed by atoms with Crippen molar-refractivity contribution in [3.63, 3.8) is 0 Å².